The van der Waals surface area contributed by atoms with Crippen LogP contribution in [0, 0.1) is 12.7 Å². The minimum atomic E-state index is -0.422. The third-order valence-electron chi connectivity index (χ3n) is 9.51. The number of anilines is 2. The Morgan fingerprint density at radius 2 is 1.30 bits per heavy atom. The molecule has 0 radical (unpaired) electrons. The van der Waals surface area contributed by atoms with Crippen LogP contribution < -0.4 is 20.5 Å². The number of morpholine rings is 2. The summed E-state index contributed by atoms with van der Waals surface area (Å²) in [5.41, 5.74) is 10.9. The van der Waals surface area contributed by atoms with Crippen LogP contribution in [0.1, 0.15) is 15.9 Å². The number of hydrogen-bond acceptors (Lipinski definition) is 10. The normalized spacial score (nSPS) is 14.9. The van der Waals surface area contributed by atoms with Crippen LogP contribution in [0.15, 0.2) is 67.0 Å². The van der Waals surface area contributed by atoms with Crippen molar-refractivity contribution in [2.24, 2.45) is 14.1 Å². The van der Waals surface area contributed by atoms with Gasteiger partial charge in [-0.2, -0.15) is 10.2 Å². The van der Waals surface area contributed by atoms with Crippen molar-refractivity contribution in [2.45, 2.75) is 6.92 Å². The molecule has 3 aromatic carbocycles. The molecule has 298 valence electrons. The van der Waals surface area contributed by atoms with E-state index in [4.69, 9.17) is 47.9 Å². The van der Waals surface area contributed by atoms with E-state index in [2.05, 4.69) is 25.3 Å². The highest BCUT2D eigenvalue weighted by Crippen LogP contribution is 2.37. The van der Waals surface area contributed by atoms with Crippen molar-refractivity contribution in [3.05, 3.63) is 94.0 Å². The average molecular weight is 810 g/mol. The summed E-state index contributed by atoms with van der Waals surface area (Å²) in [6.45, 7) is 11.1. The van der Waals surface area contributed by atoms with E-state index < -0.39 is 11.7 Å². The van der Waals surface area contributed by atoms with Crippen molar-refractivity contribution in [2.75, 3.05) is 90.0 Å². The number of nitrogens with two attached hydrogens (primary N) is 1. The predicted octanol–water partition coefficient (Wildman–Crippen LogP) is 6.19. The van der Waals surface area contributed by atoms with E-state index in [1.807, 2.05) is 25.2 Å². The molecule has 0 unspecified atom stereocenters. The maximum absolute atomic E-state index is 13.9. The van der Waals surface area contributed by atoms with Gasteiger partial charge in [-0.1, -0.05) is 29.3 Å². The molecule has 2 aromatic heterocycles. The first kappa shape index (κ1) is 40.9. The summed E-state index contributed by atoms with van der Waals surface area (Å²) in [4.78, 5) is 17.3. The molecule has 0 aliphatic carbocycles. The summed E-state index contributed by atoms with van der Waals surface area (Å²) in [6, 6.07) is 15.3. The molecule has 5 aromatic rings. The number of amides is 1. The van der Waals surface area contributed by atoms with Crippen LogP contribution in [0.3, 0.4) is 0 Å². The molecule has 56 heavy (non-hydrogen) atoms. The summed E-state index contributed by atoms with van der Waals surface area (Å²) in [5, 5.41) is 12.3. The number of nitrogens with one attached hydrogen (secondary N) is 1. The van der Waals surface area contributed by atoms with Gasteiger partial charge in [-0.15, -0.1) is 0 Å². The number of halogens is 3. The van der Waals surface area contributed by atoms with E-state index in [0.29, 0.717) is 57.2 Å². The first-order valence-electron chi connectivity index (χ1n) is 18.4. The molecule has 2 aliphatic rings. The number of nitrogens with zero attached hydrogens (tertiary/aromatic N) is 6. The Kier molecular flexibility index (Phi) is 14.2. The number of aryl methyl sites for hydroxylation is 3. The van der Waals surface area contributed by atoms with Gasteiger partial charge in [-0.25, -0.2) is 4.39 Å². The third kappa shape index (κ3) is 10.6. The third-order valence-corrected chi connectivity index (χ3v) is 10.1. The van der Waals surface area contributed by atoms with E-state index in [1.165, 1.54) is 6.07 Å². The van der Waals surface area contributed by atoms with Gasteiger partial charge in [0.1, 0.15) is 30.5 Å². The first-order chi connectivity index (χ1) is 27.1. The number of hydrogen-bond donors (Lipinski definition) is 2. The number of nitrogen functional groups attached to an aromatic ring is 1. The SMILES string of the molecule is Cc1ccc(C(=O)Nc2ccc(OCCN3CCOCC3)c(-c3c(Cl)cnn3C)c2)cc1F.Cn1ncc(Cl)c1-c1cc(N)ccc1OCCN1CCOCC1. The summed E-state index contributed by atoms with van der Waals surface area (Å²) in [7, 11) is 3.64. The molecule has 13 nitrogen and oxygen atoms in total. The smallest absolute Gasteiger partial charge is 0.255 e. The quantitative estimate of drug-likeness (QED) is 0.141. The lowest BCUT2D eigenvalue weighted by atomic mass is 10.1. The zero-order valence-corrected chi connectivity index (χ0v) is 33.3. The molecular formula is C40H47Cl2FN8O5. The van der Waals surface area contributed by atoms with Crippen molar-refractivity contribution >= 4 is 40.5 Å². The van der Waals surface area contributed by atoms with Crippen molar-refractivity contribution in [1.29, 1.82) is 0 Å². The first-order valence-corrected chi connectivity index (χ1v) is 19.2. The van der Waals surface area contributed by atoms with Gasteiger partial charge in [0.2, 0.25) is 0 Å². The summed E-state index contributed by atoms with van der Waals surface area (Å²) < 4.78 is 40.1. The maximum Gasteiger partial charge on any atom is 0.255 e. The molecule has 2 saturated heterocycles. The summed E-state index contributed by atoms with van der Waals surface area (Å²) in [6.07, 6.45) is 3.19. The lowest BCUT2D eigenvalue weighted by Crippen LogP contribution is -2.38. The van der Waals surface area contributed by atoms with Crippen LogP contribution in [-0.4, -0.2) is 114 Å². The van der Waals surface area contributed by atoms with Gasteiger partial charge in [0, 0.05) is 81.4 Å². The number of aromatic nitrogens is 4. The molecule has 7 rings (SSSR count). The highest BCUT2D eigenvalue weighted by atomic mass is 35.5. The molecule has 3 N–H and O–H groups in total. The van der Waals surface area contributed by atoms with Crippen LogP contribution in [-0.2, 0) is 23.6 Å². The van der Waals surface area contributed by atoms with Crippen LogP contribution >= 0.6 is 23.2 Å². The second-order valence-electron chi connectivity index (χ2n) is 13.4. The van der Waals surface area contributed by atoms with Crippen LogP contribution in [0.4, 0.5) is 15.8 Å². The topological polar surface area (TPSA) is 134 Å². The molecule has 4 heterocycles. The molecule has 1 amide bonds. The average Bonchev–Trinajstić information content (AvgIpc) is 3.72. The van der Waals surface area contributed by atoms with Gasteiger partial charge in [0.05, 0.1) is 60.3 Å². The Labute approximate surface area is 336 Å². The number of carbonyl (C=O) groups excluding carboxylic acids is 1. The summed E-state index contributed by atoms with van der Waals surface area (Å²) >= 11 is 12.7. The fourth-order valence-corrected chi connectivity index (χ4v) is 6.90. The molecule has 16 heteroatoms. The number of carbonyl (C=O) groups is 1. The molecular weight excluding hydrogens is 762 g/mol. The Bertz CT molecular complexity index is 2060. The number of rotatable bonds is 12. The Hall–Kier alpha value is -4.70. The number of ether oxygens (including phenoxy) is 4. The van der Waals surface area contributed by atoms with Crippen LogP contribution in [0.5, 0.6) is 11.5 Å². The van der Waals surface area contributed by atoms with Gasteiger partial charge < -0.3 is 30.0 Å². The molecule has 2 fully saturated rings. The molecule has 0 spiro atoms. The second-order valence-corrected chi connectivity index (χ2v) is 14.2. The highest BCUT2D eigenvalue weighted by molar-refractivity contribution is 6.33. The van der Waals surface area contributed by atoms with E-state index in [0.717, 1.165) is 82.7 Å². The molecule has 0 saturated carbocycles. The lowest BCUT2D eigenvalue weighted by Gasteiger charge is -2.26. The fraction of sp³-hybridized carbons (Fsp3) is 0.375. The second kappa shape index (κ2) is 19.4. The van der Waals surface area contributed by atoms with Gasteiger partial charge in [0.25, 0.3) is 5.91 Å². The van der Waals surface area contributed by atoms with E-state index in [-0.39, 0.29) is 5.56 Å². The summed E-state index contributed by atoms with van der Waals surface area (Å²) in [5.74, 6) is 0.567. The Balaban J connectivity index is 0.000000202. The monoisotopic (exact) mass is 808 g/mol. The number of benzene rings is 3. The maximum atomic E-state index is 13.9. The zero-order chi connectivity index (χ0) is 39.6. The van der Waals surface area contributed by atoms with Gasteiger partial charge >= 0.3 is 0 Å². The van der Waals surface area contributed by atoms with E-state index in [9.17, 15) is 9.18 Å². The molecule has 2 aliphatic heterocycles. The Morgan fingerprint density at radius 3 is 1.80 bits per heavy atom. The van der Waals surface area contributed by atoms with E-state index in [1.54, 1.807) is 66.1 Å². The zero-order valence-electron chi connectivity index (χ0n) is 31.8. The van der Waals surface area contributed by atoms with Crippen molar-refractivity contribution in [3.8, 4) is 34.0 Å². The van der Waals surface area contributed by atoms with Crippen molar-refractivity contribution in [1.82, 2.24) is 29.4 Å². The van der Waals surface area contributed by atoms with E-state index >= 15 is 0 Å². The van der Waals surface area contributed by atoms with Crippen LogP contribution in [0.25, 0.3) is 22.5 Å². The predicted molar refractivity (Wildman–Crippen MR) is 216 cm³/mol. The van der Waals surface area contributed by atoms with Crippen molar-refractivity contribution < 1.29 is 28.1 Å². The lowest BCUT2D eigenvalue weighted by molar-refractivity contribution is 0.0322. The molecule has 0 bridgehead atoms. The fourth-order valence-electron chi connectivity index (χ4n) is 6.36. The van der Waals surface area contributed by atoms with Gasteiger partial charge in [-0.05, 0) is 61.0 Å². The van der Waals surface area contributed by atoms with Gasteiger partial charge in [-0.3, -0.25) is 24.0 Å². The van der Waals surface area contributed by atoms with Crippen molar-refractivity contribution in [3.63, 3.8) is 0 Å². The van der Waals surface area contributed by atoms with Crippen LogP contribution in [0.2, 0.25) is 10.0 Å². The Morgan fingerprint density at radius 1 is 0.786 bits per heavy atom. The minimum Gasteiger partial charge on any atom is -0.492 e. The molecule has 0 atom stereocenters. The standard InChI is InChI=1S/C24H26ClFN4O3.C16H21ClN4O2/c1-16-3-4-17(13-21(16)26)24(31)28-18-5-6-22(33-12-9-30-7-10-32-11-8-30)19(14-18)23-20(25)15-27-29(23)2;1-20-16(14(17)11-19-20)13-10-12(18)2-3-15(13)23-9-6-21-4-7-22-8-5-21/h3-6,13-15H,7-12H2,1-2H3,(H,28,31);2-3,10-11H,4-9,18H2,1H3. The highest BCUT2D eigenvalue weighted by Gasteiger charge is 2.19. The minimum absolute atomic E-state index is 0.240. The largest absolute Gasteiger partial charge is 0.492 e. The van der Waals surface area contributed by atoms with Gasteiger partial charge in [0.15, 0.2) is 0 Å².